The highest BCUT2D eigenvalue weighted by molar-refractivity contribution is 5.89. The number of cyclic esters (lactones) is 1. The molecule has 30 heavy (non-hydrogen) atoms. The number of ether oxygens (including phenoxy) is 2. The third kappa shape index (κ3) is 9.65. The van der Waals surface area contributed by atoms with Gasteiger partial charge in [0.25, 0.3) is 0 Å². The zero-order valence-corrected chi connectivity index (χ0v) is 18.7. The SMILES string of the molecule is C/C(=C\CCC(=O)OCC(O)C1OC(=O)C(O)=C1O)CCCC(C)CCCC(C)C. The normalized spacial score (nSPS) is 19.2. The number of allylic oxidation sites excluding steroid dienone is 2. The summed E-state index contributed by atoms with van der Waals surface area (Å²) in [5, 5.41) is 28.6. The molecule has 172 valence electrons. The summed E-state index contributed by atoms with van der Waals surface area (Å²) in [7, 11) is 0. The first-order chi connectivity index (χ1) is 14.1. The number of hydrogen-bond acceptors (Lipinski definition) is 7. The number of aliphatic hydroxyl groups excluding tert-OH is 3. The summed E-state index contributed by atoms with van der Waals surface area (Å²) in [4.78, 5) is 22.9. The number of rotatable bonds is 14. The van der Waals surface area contributed by atoms with Gasteiger partial charge in [0.2, 0.25) is 5.76 Å². The van der Waals surface area contributed by atoms with Gasteiger partial charge in [-0.05, 0) is 38.0 Å². The monoisotopic (exact) mass is 426 g/mol. The molecule has 1 aliphatic rings. The molecule has 0 aromatic heterocycles. The molecule has 0 aromatic carbocycles. The molecule has 7 nitrogen and oxygen atoms in total. The Morgan fingerprint density at radius 3 is 2.40 bits per heavy atom. The van der Waals surface area contributed by atoms with Crippen molar-refractivity contribution in [3.05, 3.63) is 23.2 Å². The maximum absolute atomic E-state index is 11.8. The zero-order valence-electron chi connectivity index (χ0n) is 18.7. The first-order valence-electron chi connectivity index (χ1n) is 10.9. The van der Waals surface area contributed by atoms with Crippen LogP contribution in [0.3, 0.4) is 0 Å². The van der Waals surface area contributed by atoms with E-state index >= 15 is 0 Å². The van der Waals surface area contributed by atoms with Crippen LogP contribution < -0.4 is 0 Å². The van der Waals surface area contributed by atoms with Crippen molar-refractivity contribution in [3.63, 3.8) is 0 Å². The van der Waals surface area contributed by atoms with Crippen LogP contribution in [0, 0.1) is 11.8 Å². The lowest BCUT2D eigenvalue weighted by molar-refractivity contribution is -0.154. The quantitative estimate of drug-likeness (QED) is 0.277. The van der Waals surface area contributed by atoms with Crippen LogP contribution >= 0.6 is 0 Å². The Morgan fingerprint density at radius 2 is 1.80 bits per heavy atom. The van der Waals surface area contributed by atoms with Gasteiger partial charge in [-0.25, -0.2) is 4.79 Å². The predicted octanol–water partition coefficient (Wildman–Crippen LogP) is 4.50. The van der Waals surface area contributed by atoms with E-state index in [9.17, 15) is 24.9 Å². The summed E-state index contributed by atoms with van der Waals surface area (Å²) in [5.74, 6) is -1.78. The molecule has 3 unspecified atom stereocenters. The summed E-state index contributed by atoms with van der Waals surface area (Å²) in [5.41, 5.74) is 1.25. The van der Waals surface area contributed by atoms with E-state index in [0.29, 0.717) is 6.42 Å². The molecule has 1 heterocycles. The molecule has 0 aromatic rings. The van der Waals surface area contributed by atoms with Crippen molar-refractivity contribution < 1.29 is 34.4 Å². The molecule has 3 atom stereocenters. The van der Waals surface area contributed by atoms with Gasteiger partial charge in [0, 0.05) is 6.42 Å². The van der Waals surface area contributed by atoms with Crippen molar-refractivity contribution in [2.75, 3.05) is 6.61 Å². The number of hydrogen-bond donors (Lipinski definition) is 3. The molecular formula is C23H38O7. The van der Waals surface area contributed by atoms with Crippen LogP contribution in [-0.2, 0) is 19.1 Å². The van der Waals surface area contributed by atoms with Crippen molar-refractivity contribution in [2.45, 2.75) is 91.3 Å². The zero-order chi connectivity index (χ0) is 22.7. The maximum Gasteiger partial charge on any atom is 0.377 e. The van der Waals surface area contributed by atoms with E-state index in [-0.39, 0.29) is 6.42 Å². The fraction of sp³-hybridized carbons (Fsp3) is 0.739. The van der Waals surface area contributed by atoms with E-state index in [0.717, 1.165) is 24.7 Å². The molecule has 0 aliphatic carbocycles. The molecule has 3 N–H and O–H groups in total. The van der Waals surface area contributed by atoms with Crippen LogP contribution in [-0.4, -0.2) is 46.1 Å². The standard InChI is InChI=1S/C23H38O7/c1-15(2)8-5-9-16(3)10-6-11-17(4)12-7-13-19(25)29-14-18(24)22-20(26)21(27)23(28)30-22/h12,15-16,18,22,24,26-27H,5-11,13-14H2,1-4H3/b17-12+. The van der Waals surface area contributed by atoms with Gasteiger partial charge >= 0.3 is 11.9 Å². The minimum absolute atomic E-state index is 0.174. The number of esters is 2. The van der Waals surface area contributed by atoms with Crippen LogP contribution in [0.15, 0.2) is 23.2 Å². The molecular weight excluding hydrogens is 388 g/mol. The molecule has 0 amide bonds. The van der Waals surface area contributed by atoms with Gasteiger partial charge in [0.1, 0.15) is 12.7 Å². The fourth-order valence-corrected chi connectivity index (χ4v) is 3.35. The third-order valence-electron chi connectivity index (χ3n) is 5.29. The van der Waals surface area contributed by atoms with Gasteiger partial charge in [-0.3, -0.25) is 4.79 Å². The number of carbonyl (C=O) groups is 2. The second kappa shape index (κ2) is 13.3. The van der Waals surface area contributed by atoms with Gasteiger partial charge in [-0.15, -0.1) is 0 Å². The van der Waals surface area contributed by atoms with Crippen LogP contribution in [0.25, 0.3) is 0 Å². The summed E-state index contributed by atoms with van der Waals surface area (Å²) in [6, 6.07) is 0. The van der Waals surface area contributed by atoms with Crippen LogP contribution in [0.4, 0.5) is 0 Å². The van der Waals surface area contributed by atoms with Crippen LogP contribution in [0.1, 0.15) is 79.1 Å². The smallest absolute Gasteiger partial charge is 0.377 e. The van der Waals surface area contributed by atoms with E-state index in [2.05, 4.69) is 32.4 Å². The Hall–Kier alpha value is -2.02. The van der Waals surface area contributed by atoms with Gasteiger partial charge in [-0.1, -0.05) is 58.1 Å². The van der Waals surface area contributed by atoms with Crippen LogP contribution in [0.2, 0.25) is 0 Å². The Balaban J connectivity index is 2.17. The highest BCUT2D eigenvalue weighted by Gasteiger charge is 2.39. The van der Waals surface area contributed by atoms with E-state index in [1.54, 1.807) is 0 Å². The summed E-state index contributed by atoms with van der Waals surface area (Å²) in [6.07, 6.45) is 7.15. The molecule has 0 bridgehead atoms. The van der Waals surface area contributed by atoms with E-state index in [4.69, 9.17) is 4.74 Å². The molecule has 0 fully saturated rings. The Labute approximate surface area is 179 Å². The molecule has 1 rings (SSSR count). The van der Waals surface area contributed by atoms with Crippen molar-refractivity contribution in [1.82, 2.24) is 0 Å². The highest BCUT2D eigenvalue weighted by Crippen LogP contribution is 2.22. The van der Waals surface area contributed by atoms with Gasteiger partial charge in [-0.2, -0.15) is 0 Å². The fourth-order valence-electron chi connectivity index (χ4n) is 3.35. The van der Waals surface area contributed by atoms with E-state index < -0.39 is 42.3 Å². The number of carbonyl (C=O) groups excluding carboxylic acids is 2. The number of aliphatic hydroxyl groups is 3. The lowest BCUT2D eigenvalue weighted by Gasteiger charge is -2.17. The molecule has 0 saturated heterocycles. The van der Waals surface area contributed by atoms with Crippen LogP contribution in [0.5, 0.6) is 0 Å². The molecule has 0 radical (unpaired) electrons. The lowest BCUT2D eigenvalue weighted by atomic mass is 9.94. The highest BCUT2D eigenvalue weighted by atomic mass is 16.6. The Bertz CT molecular complexity index is 621. The second-order valence-corrected chi connectivity index (χ2v) is 8.72. The summed E-state index contributed by atoms with van der Waals surface area (Å²) in [6.45, 7) is 8.46. The first kappa shape index (κ1) is 26.0. The van der Waals surface area contributed by atoms with E-state index in [1.807, 2.05) is 6.08 Å². The van der Waals surface area contributed by atoms with Crippen molar-refractivity contribution in [3.8, 4) is 0 Å². The lowest BCUT2D eigenvalue weighted by Crippen LogP contribution is -2.33. The van der Waals surface area contributed by atoms with Gasteiger partial charge < -0.3 is 24.8 Å². The summed E-state index contributed by atoms with van der Waals surface area (Å²) >= 11 is 0. The van der Waals surface area contributed by atoms with Crippen molar-refractivity contribution in [1.29, 1.82) is 0 Å². The second-order valence-electron chi connectivity index (χ2n) is 8.72. The van der Waals surface area contributed by atoms with Crippen molar-refractivity contribution >= 4 is 11.9 Å². The van der Waals surface area contributed by atoms with E-state index in [1.165, 1.54) is 31.3 Å². The molecule has 0 saturated carbocycles. The topological polar surface area (TPSA) is 113 Å². The minimum atomic E-state index is -1.44. The molecule has 7 heteroatoms. The average Bonchev–Trinajstić information content (AvgIpc) is 2.93. The van der Waals surface area contributed by atoms with Crippen molar-refractivity contribution in [2.24, 2.45) is 11.8 Å². The maximum atomic E-state index is 11.8. The average molecular weight is 427 g/mol. The molecule has 1 aliphatic heterocycles. The summed E-state index contributed by atoms with van der Waals surface area (Å²) < 4.78 is 9.57. The first-order valence-corrected chi connectivity index (χ1v) is 10.9. The largest absolute Gasteiger partial charge is 0.505 e. The Morgan fingerprint density at radius 1 is 1.13 bits per heavy atom. The molecule has 0 spiro atoms. The van der Waals surface area contributed by atoms with Gasteiger partial charge in [0.15, 0.2) is 11.9 Å². The minimum Gasteiger partial charge on any atom is -0.505 e. The Kier molecular flexibility index (Phi) is 11.5. The predicted molar refractivity (Wildman–Crippen MR) is 114 cm³/mol. The third-order valence-corrected chi connectivity index (χ3v) is 5.29. The van der Waals surface area contributed by atoms with Gasteiger partial charge in [0.05, 0.1) is 0 Å².